The Kier molecular flexibility index (Phi) is 3.69. The Balaban J connectivity index is 2.76. The van der Waals surface area contributed by atoms with Crippen LogP contribution in [0.15, 0.2) is 40.0 Å². The van der Waals surface area contributed by atoms with Gasteiger partial charge in [-0.2, -0.15) is 8.78 Å². The second-order valence-corrected chi connectivity index (χ2v) is 3.34. The highest BCUT2D eigenvalue weighted by molar-refractivity contribution is 9.10. The fourth-order valence-corrected chi connectivity index (χ4v) is 0.948. The Morgan fingerprint density at radius 2 is 1.77 bits per heavy atom. The zero-order valence-electron chi connectivity index (χ0n) is 6.23. The molecule has 0 spiro atoms. The standard InChI is InChI=1S/C8H4BrClF2O/c9-5-1-3-6(4-2-5)13-8(12)7(10)11/h1-4H/b8-7-. The van der Waals surface area contributed by atoms with E-state index in [1.54, 1.807) is 12.1 Å². The Hall–Kier alpha value is -0.610. The zero-order valence-corrected chi connectivity index (χ0v) is 8.57. The third kappa shape index (κ3) is 3.32. The fraction of sp³-hybridized carbons (Fsp3) is 0. The molecule has 0 unspecified atom stereocenters. The van der Waals surface area contributed by atoms with Crippen LogP contribution in [0.5, 0.6) is 5.75 Å². The summed E-state index contributed by atoms with van der Waals surface area (Å²) >= 11 is 7.89. The van der Waals surface area contributed by atoms with E-state index in [1.165, 1.54) is 12.1 Å². The lowest BCUT2D eigenvalue weighted by Crippen LogP contribution is -1.89. The highest BCUT2D eigenvalue weighted by Crippen LogP contribution is 2.21. The molecule has 5 heteroatoms. The first-order chi connectivity index (χ1) is 6.09. The van der Waals surface area contributed by atoms with Gasteiger partial charge < -0.3 is 4.74 Å². The van der Waals surface area contributed by atoms with Gasteiger partial charge in [0.15, 0.2) is 0 Å². The van der Waals surface area contributed by atoms with Crippen LogP contribution in [0.4, 0.5) is 8.78 Å². The molecule has 1 aromatic carbocycles. The van der Waals surface area contributed by atoms with Gasteiger partial charge in [0.25, 0.3) is 5.29 Å². The Morgan fingerprint density at radius 1 is 1.23 bits per heavy atom. The smallest absolute Gasteiger partial charge is 0.326 e. The molecule has 0 N–H and O–H groups in total. The van der Waals surface area contributed by atoms with Crippen LogP contribution >= 0.6 is 27.5 Å². The number of hydrogen-bond donors (Lipinski definition) is 0. The molecule has 0 heterocycles. The molecular weight excluding hydrogens is 265 g/mol. The molecule has 0 saturated carbocycles. The van der Waals surface area contributed by atoms with E-state index in [4.69, 9.17) is 11.6 Å². The summed E-state index contributed by atoms with van der Waals surface area (Å²) in [4.78, 5) is 0. The van der Waals surface area contributed by atoms with E-state index in [9.17, 15) is 8.78 Å². The molecule has 0 saturated heterocycles. The van der Waals surface area contributed by atoms with Crippen molar-refractivity contribution in [1.29, 1.82) is 0 Å². The first kappa shape index (κ1) is 10.5. The van der Waals surface area contributed by atoms with E-state index in [2.05, 4.69) is 20.7 Å². The minimum absolute atomic E-state index is 0.177. The summed E-state index contributed by atoms with van der Waals surface area (Å²) in [5.74, 6) is 0.177. The molecule has 70 valence electrons. The molecule has 0 amide bonds. The van der Waals surface area contributed by atoms with Crippen LogP contribution in [0.1, 0.15) is 0 Å². The average Bonchev–Trinajstić information content (AvgIpc) is 2.08. The highest BCUT2D eigenvalue weighted by Gasteiger charge is 2.05. The Morgan fingerprint density at radius 3 is 2.23 bits per heavy atom. The Labute approximate surface area is 87.1 Å². The third-order valence-electron chi connectivity index (χ3n) is 1.17. The molecule has 0 aliphatic carbocycles. The monoisotopic (exact) mass is 268 g/mol. The van der Waals surface area contributed by atoms with Crippen molar-refractivity contribution in [2.45, 2.75) is 0 Å². The average molecular weight is 269 g/mol. The van der Waals surface area contributed by atoms with Gasteiger partial charge in [0.05, 0.1) is 0 Å². The fourth-order valence-electron chi connectivity index (χ4n) is 0.645. The van der Waals surface area contributed by atoms with Crippen LogP contribution < -0.4 is 4.74 Å². The second-order valence-electron chi connectivity index (χ2n) is 2.09. The number of hydrogen-bond acceptors (Lipinski definition) is 1. The van der Waals surface area contributed by atoms with Gasteiger partial charge >= 0.3 is 6.01 Å². The maximum atomic E-state index is 12.5. The van der Waals surface area contributed by atoms with Crippen LogP contribution in [0.3, 0.4) is 0 Å². The molecule has 13 heavy (non-hydrogen) atoms. The molecule has 0 atom stereocenters. The Bertz CT molecular complexity index is 319. The zero-order chi connectivity index (χ0) is 9.84. The molecule has 0 radical (unpaired) electrons. The molecule has 0 aliphatic heterocycles. The lowest BCUT2D eigenvalue weighted by Gasteiger charge is -2.01. The van der Waals surface area contributed by atoms with Crippen molar-refractivity contribution in [2.75, 3.05) is 0 Å². The maximum Gasteiger partial charge on any atom is 0.326 e. The van der Waals surface area contributed by atoms with Gasteiger partial charge in [-0.1, -0.05) is 15.9 Å². The quantitative estimate of drug-likeness (QED) is 0.733. The molecule has 0 aliphatic rings. The number of ether oxygens (including phenoxy) is 1. The summed E-state index contributed by atoms with van der Waals surface area (Å²) in [6, 6.07) is 4.78. The van der Waals surface area contributed by atoms with E-state index in [-0.39, 0.29) is 5.75 Å². The van der Waals surface area contributed by atoms with E-state index in [1.807, 2.05) is 0 Å². The summed E-state index contributed by atoms with van der Waals surface area (Å²) in [6.45, 7) is 0. The normalized spacial score (nSPS) is 12.3. The number of halogens is 4. The largest absolute Gasteiger partial charge is 0.429 e. The van der Waals surface area contributed by atoms with Gasteiger partial charge in [-0.05, 0) is 35.9 Å². The SMILES string of the molecule is F/C(Cl)=C(/F)Oc1ccc(Br)cc1. The van der Waals surface area contributed by atoms with Crippen molar-refractivity contribution in [3.05, 3.63) is 40.0 Å². The molecule has 0 bridgehead atoms. The van der Waals surface area contributed by atoms with Crippen LogP contribution in [-0.4, -0.2) is 0 Å². The summed E-state index contributed by atoms with van der Waals surface area (Å²) < 4.78 is 29.7. The van der Waals surface area contributed by atoms with Crippen molar-refractivity contribution >= 4 is 27.5 Å². The third-order valence-corrected chi connectivity index (χ3v) is 1.85. The predicted molar refractivity (Wildman–Crippen MR) is 49.9 cm³/mol. The van der Waals surface area contributed by atoms with E-state index in [0.29, 0.717) is 0 Å². The summed E-state index contributed by atoms with van der Waals surface area (Å²) in [5.41, 5.74) is 0. The maximum absolute atomic E-state index is 12.5. The van der Waals surface area contributed by atoms with Crippen molar-refractivity contribution in [3.8, 4) is 5.75 Å². The first-order valence-corrected chi connectivity index (χ1v) is 4.41. The van der Waals surface area contributed by atoms with Crippen LogP contribution in [0.2, 0.25) is 0 Å². The lowest BCUT2D eigenvalue weighted by atomic mass is 10.3. The van der Waals surface area contributed by atoms with Crippen molar-refractivity contribution in [2.24, 2.45) is 0 Å². The van der Waals surface area contributed by atoms with Gasteiger partial charge in [-0.3, -0.25) is 0 Å². The van der Waals surface area contributed by atoms with Gasteiger partial charge in [0.1, 0.15) is 5.75 Å². The van der Waals surface area contributed by atoms with Gasteiger partial charge in [0.2, 0.25) is 0 Å². The highest BCUT2D eigenvalue weighted by atomic mass is 79.9. The number of rotatable bonds is 2. The minimum atomic E-state index is -1.50. The van der Waals surface area contributed by atoms with Gasteiger partial charge in [-0.25, -0.2) is 0 Å². The van der Waals surface area contributed by atoms with Crippen LogP contribution in [-0.2, 0) is 0 Å². The molecule has 1 nitrogen and oxygen atoms in total. The van der Waals surface area contributed by atoms with Crippen molar-refractivity contribution in [1.82, 2.24) is 0 Å². The minimum Gasteiger partial charge on any atom is -0.429 e. The van der Waals surface area contributed by atoms with E-state index in [0.717, 1.165) is 4.47 Å². The summed E-state index contributed by atoms with van der Waals surface area (Å²) in [5, 5.41) is -1.50. The topological polar surface area (TPSA) is 9.23 Å². The predicted octanol–water partition coefficient (Wildman–Crippen LogP) is 4.13. The second kappa shape index (κ2) is 4.58. The molecule has 1 aromatic rings. The van der Waals surface area contributed by atoms with E-state index < -0.39 is 11.3 Å². The van der Waals surface area contributed by atoms with Crippen LogP contribution in [0.25, 0.3) is 0 Å². The van der Waals surface area contributed by atoms with E-state index >= 15 is 0 Å². The van der Waals surface area contributed by atoms with Gasteiger partial charge in [0, 0.05) is 4.47 Å². The number of benzene rings is 1. The summed E-state index contributed by atoms with van der Waals surface area (Å²) in [7, 11) is 0. The summed E-state index contributed by atoms with van der Waals surface area (Å²) in [6.07, 6.45) is 0. The van der Waals surface area contributed by atoms with Crippen LogP contribution in [0, 0.1) is 0 Å². The first-order valence-electron chi connectivity index (χ1n) is 3.24. The van der Waals surface area contributed by atoms with Gasteiger partial charge in [-0.15, -0.1) is 0 Å². The molecular formula is C8H4BrClF2O. The molecule has 1 rings (SSSR count). The molecule has 0 aromatic heterocycles. The molecule has 0 fully saturated rings. The lowest BCUT2D eigenvalue weighted by molar-refractivity contribution is 0.285. The van der Waals surface area contributed by atoms with Crippen molar-refractivity contribution in [3.63, 3.8) is 0 Å². The van der Waals surface area contributed by atoms with Crippen molar-refractivity contribution < 1.29 is 13.5 Å².